The van der Waals surface area contributed by atoms with E-state index in [9.17, 15) is 0 Å². The lowest BCUT2D eigenvalue weighted by molar-refractivity contribution is 0.532. The standard InChI is InChI=1S/C11H14N4/c1-15(11(12)13)14-10-7-6-8-4-2-3-5-9(8)10/h2-5H,6-7H2,1H3,(H3,12,13). The monoisotopic (exact) mass is 202 g/mol. The molecule has 1 aromatic carbocycles. The molecule has 1 aliphatic carbocycles. The summed E-state index contributed by atoms with van der Waals surface area (Å²) in [5.41, 5.74) is 8.87. The van der Waals surface area contributed by atoms with Gasteiger partial charge in [-0.2, -0.15) is 5.10 Å². The molecule has 0 saturated heterocycles. The van der Waals surface area contributed by atoms with Gasteiger partial charge in [-0.15, -0.1) is 0 Å². The van der Waals surface area contributed by atoms with E-state index in [0.29, 0.717) is 0 Å². The fourth-order valence-electron chi connectivity index (χ4n) is 1.75. The van der Waals surface area contributed by atoms with Gasteiger partial charge in [0.2, 0.25) is 5.96 Å². The highest BCUT2D eigenvalue weighted by Crippen LogP contribution is 2.22. The number of benzene rings is 1. The van der Waals surface area contributed by atoms with Crippen molar-refractivity contribution in [1.82, 2.24) is 5.01 Å². The second-order valence-corrected chi connectivity index (χ2v) is 3.61. The number of nitrogens with one attached hydrogen (secondary N) is 1. The van der Waals surface area contributed by atoms with Crippen LogP contribution < -0.4 is 5.73 Å². The number of aryl methyl sites for hydroxylation is 1. The number of guanidine groups is 1. The van der Waals surface area contributed by atoms with E-state index in [-0.39, 0.29) is 5.96 Å². The Labute approximate surface area is 88.9 Å². The summed E-state index contributed by atoms with van der Waals surface area (Å²) in [5.74, 6) is -0.0353. The molecule has 0 amide bonds. The van der Waals surface area contributed by atoms with Crippen LogP contribution in [0.4, 0.5) is 0 Å². The molecule has 4 nitrogen and oxygen atoms in total. The zero-order valence-electron chi connectivity index (χ0n) is 8.70. The highest BCUT2D eigenvalue weighted by Gasteiger charge is 2.17. The molecule has 4 heteroatoms. The summed E-state index contributed by atoms with van der Waals surface area (Å²) in [4.78, 5) is 0. The van der Waals surface area contributed by atoms with Crippen LogP contribution in [0.3, 0.4) is 0 Å². The third kappa shape index (κ3) is 1.83. The van der Waals surface area contributed by atoms with Crippen LogP contribution in [-0.2, 0) is 6.42 Å². The molecule has 0 aromatic heterocycles. The summed E-state index contributed by atoms with van der Waals surface area (Å²) >= 11 is 0. The van der Waals surface area contributed by atoms with Gasteiger partial charge in [0.25, 0.3) is 0 Å². The number of nitrogens with zero attached hydrogens (tertiary/aromatic N) is 2. The predicted octanol–water partition coefficient (Wildman–Crippen LogP) is 1.16. The maximum atomic E-state index is 7.24. The van der Waals surface area contributed by atoms with Crippen LogP contribution in [0.2, 0.25) is 0 Å². The van der Waals surface area contributed by atoms with Gasteiger partial charge in [-0.25, -0.2) is 5.01 Å². The third-order valence-corrected chi connectivity index (χ3v) is 2.58. The first-order chi connectivity index (χ1) is 7.18. The van der Waals surface area contributed by atoms with Crippen LogP contribution in [0.5, 0.6) is 0 Å². The van der Waals surface area contributed by atoms with Gasteiger partial charge in [-0.3, -0.25) is 5.41 Å². The molecule has 0 radical (unpaired) electrons. The van der Waals surface area contributed by atoms with E-state index in [0.717, 1.165) is 18.6 Å². The summed E-state index contributed by atoms with van der Waals surface area (Å²) in [5, 5.41) is 13.0. The number of fused-ring (bicyclic) bond motifs is 1. The number of rotatable bonds is 1. The molecule has 1 aliphatic rings. The van der Waals surface area contributed by atoms with Crippen LogP contribution in [0.15, 0.2) is 29.4 Å². The smallest absolute Gasteiger partial charge is 0.208 e. The number of hydrogen-bond acceptors (Lipinski definition) is 2. The Hall–Kier alpha value is -1.84. The Morgan fingerprint density at radius 2 is 2.13 bits per heavy atom. The van der Waals surface area contributed by atoms with E-state index >= 15 is 0 Å². The van der Waals surface area contributed by atoms with Crippen molar-refractivity contribution < 1.29 is 0 Å². The van der Waals surface area contributed by atoms with Gasteiger partial charge in [-0.05, 0) is 18.4 Å². The lowest BCUT2D eigenvalue weighted by Crippen LogP contribution is -2.29. The highest BCUT2D eigenvalue weighted by molar-refractivity contribution is 6.04. The molecule has 0 bridgehead atoms. The van der Waals surface area contributed by atoms with Crippen molar-refractivity contribution in [3.63, 3.8) is 0 Å². The zero-order chi connectivity index (χ0) is 10.8. The Morgan fingerprint density at radius 1 is 1.40 bits per heavy atom. The van der Waals surface area contributed by atoms with E-state index < -0.39 is 0 Å². The van der Waals surface area contributed by atoms with Gasteiger partial charge in [0.1, 0.15) is 0 Å². The number of hydrogen-bond donors (Lipinski definition) is 2. The SMILES string of the molecule is CN(N=C1CCc2ccccc21)C(=N)N. The van der Waals surface area contributed by atoms with Crippen molar-refractivity contribution in [3.05, 3.63) is 35.4 Å². The molecule has 0 aliphatic heterocycles. The van der Waals surface area contributed by atoms with Gasteiger partial charge in [0.05, 0.1) is 5.71 Å². The highest BCUT2D eigenvalue weighted by atomic mass is 15.5. The number of hydrazone groups is 1. The van der Waals surface area contributed by atoms with Crippen molar-refractivity contribution in [2.75, 3.05) is 7.05 Å². The van der Waals surface area contributed by atoms with Gasteiger partial charge < -0.3 is 5.73 Å². The van der Waals surface area contributed by atoms with E-state index in [4.69, 9.17) is 11.1 Å². The van der Waals surface area contributed by atoms with Gasteiger partial charge in [0.15, 0.2) is 0 Å². The molecule has 78 valence electrons. The first-order valence-corrected chi connectivity index (χ1v) is 4.92. The zero-order valence-corrected chi connectivity index (χ0v) is 8.70. The molecule has 3 N–H and O–H groups in total. The molecule has 0 fully saturated rings. The van der Waals surface area contributed by atoms with E-state index in [2.05, 4.69) is 17.2 Å². The average Bonchev–Trinajstić information content (AvgIpc) is 2.62. The first kappa shape index (κ1) is 9.71. The largest absolute Gasteiger partial charge is 0.369 e. The summed E-state index contributed by atoms with van der Waals surface area (Å²) < 4.78 is 0. The minimum atomic E-state index is -0.0353. The maximum Gasteiger partial charge on any atom is 0.208 e. The van der Waals surface area contributed by atoms with E-state index in [1.165, 1.54) is 16.1 Å². The Morgan fingerprint density at radius 3 is 2.87 bits per heavy atom. The minimum Gasteiger partial charge on any atom is -0.369 e. The van der Waals surface area contributed by atoms with Gasteiger partial charge in [-0.1, -0.05) is 24.3 Å². The van der Waals surface area contributed by atoms with Gasteiger partial charge >= 0.3 is 0 Å². The molecular weight excluding hydrogens is 188 g/mol. The summed E-state index contributed by atoms with van der Waals surface area (Å²) in [6.45, 7) is 0. The topological polar surface area (TPSA) is 65.5 Å². The molecule has 0 saturated carbocycles. The summed E-state index contributed by atoms with van der Waals surface area (Å²) in [7, 11) is 1.69. The van der Waals surface area contributed by atoms with Crippen molar-refractivity contribution in [2.24, 2.45) is 10.8 Å². The van der Waals surface area contributed by atoms with Crippen molar-refractivity contribution in [2.45, 2.75) is 12.8 Å². The average molecular weight is 202 g/mol. The van der Waals surface area contributed by atoms with Crippen molar-refractivity contribution in [1.29, 1.82) is 5.41 Å². The van der Waals surface area contributed by atoms with E-state index in [1.807, 2.05) is 12.1 Å². The molecule has 0 spiro atoms. The summed E-state index contributed by atoms with van der Waals surface area (Å²) in [6, 6.07) is 8.23. The lowest BCUT2D eigenvalue weighted by atomic mass is 10.1. The fraction of sp³-hybridized carbons (Fsp3) is 0.273. The fourth-order valence-corrected chi connectivity index (χ4v) is 1.75. The number of nitrogens with two attached hydrogens (primary N) is 1. The van der Waals surface area contributed by atoms with Crippen LogP contribution in [0.25, 0.3) is 0 Å². The second kappa shape index (κ2) is 3.73. The summed E-state index contributed by atoms with van der Waals surface area (Å²) in [6.07, 6.45) is 1.96. The molecule has 0 atom stereocenters. The second-order valence-electron chi connectivity index (χ2n) is 3.61. The quantitative estimate of drug-likeness (QED) is 0.408. The minimum absolute atomic E-state index is 0.0353. The lowest BCUT2D eigenvalue weighted by Gasteiger charge is -2.11. The maximum absolute atomic E-state index is 7.24. The normalized spacial score (nSPS) is 16.5. The van der Waals surface area contributed by atoms with E-state index in [1.54, 1.807) is 7.05 Å². The third-order valence-electron chi connectivity index (χ3n) is 2.58. The van der Waals surface area contributed by atoms with Crippen LogP contribution in [0.1, 0.15) is 17.5 Å². The van der Waals surface area contributed by atoms with Crippen LogP contribution in [0, 0.1) is 5.41 Å². The molecule has 0 heterocycles. The predicted molar refractivity (Wildman–Crippen MR) is 61.0 cm³/mol. The molecule has 15 heavy (non-hydrogen) atoms. The molecule has 0 unspecified atom stereocenters. The molecule has 1 aromatic rings. The van der Waals surface area contributed by atoms with Crippen molar-refractivity contribution >= 4 is 11.7 Å². The Bertz CT molecular complexity index is 422. The first-order valence-electron chi connectivity index (χ1n) is 4.92. The van der Waals surface area contributed by atoms with Gasteiger partial charge in [0, 0.05) is 12.6 Å². The molecule has 2 rings (SSSR count). The molecular formula is C11H14N4. The Balaban J connectivity index is 2.31. The Kier molecular flexibility index (Phi) is 2.41. The van der Waals surface area contributed by atoms with Crippen LogP contribution >= 0.6 is 0 Å². The van der Waals surface area contributed by atoms with Crippen LogP contribution in [-0.4, -0.2) is 23.7 Å². The van der Waals surface area contributed by atoms with Crippen molar-refractivity contribution in [3.8, 4) is 0 Å².